The van der Waals surface area contributed by atoms with Crippen molar-refractivity contribution in [2.75, 3.05) is 18.5 Å². The summed E-state index contributed by atoms with van der Waals surface area (Å²) in [6.07, 6.45) is -0.532. The van der Waals surface area contributed by atoms with E-state index in [1.54, 1.807) is 10.7 Å². The first-order chi connectivity index (χ1) is 13.2. The highest BCUT2D eigenvalue weighted by molar-refractivity contribution is 5.84. The number of aliphatic hydroxyl groups is 1. The Morgan fingerprint density at radius 2 is 1.78 bits per heavy atom. The molecule has 138 valence electrons. The van der Waals surface area contributed by atoms with Crippen molar-refractivity contribution in [1.29, 1.82) is 0 Å². The molecule has 1 aromatic heterocycles. The van der Waals surface area contributed by atoms with E-state index in [0.717, 1.165) is 5.69 Å². The second-order valence-corrected chi connectivity index (χ2v) is 6.57. The van der Waals surface area contributed by atoms with Gasteiger partial charge in [0.15, 0.2) is 0 Å². The topological polar surface area (TPSA) is 76.4 Å². The molecule has 0 fully saturated rings. The Morgan fingerprint density at radius 3 is 2.41 bits per heavy atom. The number of carbonyl (C=O) groups is 1. The van der Waals surface area contributed by atoms with Gasteiger partial charge in [-0.1, -0.05) is 48.5 Å². The highest BCUT2D eigenvalue weighted by Crippen LogP contribution is 2.44. The van der Waals surface area contributed by atoms with Crippen LogP contribution in [0.15, 0.2) is 54.6 Å². The van der Waals surface area contributed by atoms with Crippen LogP contribution in [0.2, 0.25) is 0 Å². The molecule has 27 heavy (non-hydrogen) atoms. The summed E-state index contributed by atoms with van der Waals surface area (Å²) in [5.41, 5.74) is 5.50. The zero-order valence-corrected chi connectivity index (χ0v) is 15.1. The van der Waals surface area contributed by atoms with Gasteiger partial charge in [-0.15, -0.1) is 0 Å². The molecule has 0 unspecified atom stereocenters. The molecule has 1 aliphatic carbocycles. The quantitative estimate of drug-likeness (QED) is 0.727. The monoisotopic (exact) mass is 363 g/mol. The van der Waals surface area contributed by atoms with Crippen molar-refractivity contribution in [3.05, 3.63) is 71.4 Å². The zero-order valence-electron chi connectivity index (χ0n) is 15.1. The summed E-state index contributed by atoms with van der Waals surface area (Å²) >= 11 is 0. The maximum Gasteiger partial charge on any atom is 0.412 e. The minimum Gasteiger partial charge on any atom is -0.448 e. The third-order valence-electron chi connectivity index (χ3n) is 4.79. The van der Waals surface area contributed by atoms with Gasteiger partial charge < -0.3 is 9.84 Å². The summed E-state index contributed by atoms with van der Waals surface area (Å²) in [4.78, 5) is 12.3. The largest absolute Gasteiger partial charge is 0.448 e. The fourth-order valence-electron chi connectivity index (χ4n) is 3.65. The second-order valence-electron chi connectivity index (χ2n) is 6.57. The van der Waals surface area contributed by atoms with Crippen LogP contribution in [0.25, 0.3) is 11.1 Å². The Bertz CT molecular complexity index is 935. The Labute approximate surface area is 157 Å². The lowest BCUT2D eigenvalue weighted by atomic mass is 9.98. The van der Waals surface area contributed by atoms with Crippen LogP contribution in [0, 0.1) is 6.92 Å². The highest BCUT2D eigenvalue weighted by atomic mass is 16.5. The number of rotatable bonds is 5. The van der Waals surface area contributed by atoms with Gasteiger partial charge in [0, 0.05) is 12.0 Å². The maximum atomic E-state index is 12.3. The first-order valence-electron chi connectivity index (χ1n) is 8.94. The van der Waals surface area contributed by atoms with Crippen molar-refractivity contribution in [1.82, 2.24) is 9.78 Å². The molecule has 0 radical (unpaired) electrons. The van der Waals surface area contributed by atoms with Crippen molar-refractivity contribution < 1.29 is 14.6 Å². The third-order valence-corrected chi connectivity index (χ3v) is 4.79. The Kier molecular flexibility index (Phi) is 4.64. The molecule has 1 aliphatic rings. The van der Waals surface area contributed by atoms with E-state index in [0.29, 0.717) is 12.4 Å². The predicted octanol–water partition coefficient (Wildman–Crippen LogP) is 3.54. The molecule has 0 saturated heterocycles. The molecule has 0 bridgehead atoms. The number of amides is 1. The maximum absolute atomic E-state index is 12.3. The SMILES string of the molecule is Cc1cc(NC(=O)OCC2c3ccccc3-c3ccccc32)n(CCO)n1. The van der Waals surface area contributed by atoms with Crippen LogP contribution in [-0.2, 0) is 11.3 Å². The van der Waals surface area contributed by atoms with E-state index in [4.69, 9.17) is 9.84 Å². The summed E-state index contributed by atoms with van der Waals surface area (Å²) in [5, 5.41) is 16.1. The van der Waals surface area contributed by atoms with Crippen molar-refractivity contribution >= 4 is 11.9 Å². The van der Waals surface area contributed by atoms with Crippen molar-refractivity contribution in [2.45, 2.75) is 19.4 Å². The van der Waals surface area contributed by atoms with Gasteiger partial charge in [0.25, 0.3) is 0 Å². The summed E-state index contributed by atoms with van der Waals surface area (Å²) in [6, 6.07) is 18.2. The van der Waals surface area contributed by atoms with Crippen LogP contribution in [0.3, 0.4) is 0 Å². The fraction of sp³-hybridized carbons (Fsp3) is 0.238. The van der Waals surface area contributed by atoms with Gasteiger partial charge in [0.1, 0.15) is 12.4 Å². The van der Waals surface area contributed by atoms with E-state index in [1.165, 1.54) is 22.3 Å². The minimum atomic E-state index is -0.532. The average Bonchev–Trinajstić information content (AvgIpc) is 3.18. The molecule has 2 aromatic carbocycles. The fourth-order valence-corrected chi connectivity index (χ4v) is 3.65. The van der Waals surface area contributed by atoms with E-state index in [1.807, 2.05) is 31.2 Å². The van der Waals surface area contributed by atoms with Crippen LogP contribution in [0.5, 0.6) is 0 Å². The molecule has 3 aromatic rings. The number of anilines is 1. The number of hydrogen-bond acceptors (Lipinski definition) is 4. The molecule has 1 amide bonds. The molecular weight excluding hydrogens is 342 g/mol. The number of nitrogens with zero attached hydrogens (tertiary/aromatic N) is 2. The standard InChI is InChI=1S/C21H21N3O3/c1-14-12-20(24(23-14)10-11-25)22-21(26)27-13-19-17-8-4-2-6-15(17)16-7-3-5-9-18(16)19/h2-9,12,19,25H,10-11,13H2,1H3,(H,22,26). The lowest BCUT2D eigenvalue weighted by Crippen LogP contribution is -2.20. The molecule has 4 rings (SSSR count). The van der Waals surface area contributed by atoms with Crippen LogP contribution in [0.4, 0.5) is 10.6 Å². The molecule has 2 N–H and O–H groups in total. The van der Waals surface area contributed by atoms with Crippen LogP contribution in [0.1, 0.15) is 22.7 Å². The number of fused-ring (bicyclic) bond motifs is 3. The van der Waals surface area contributed by atoms with Crippen LogP contribution in [-0.4, -0.2) is 34.2 Å². The number of ether oxygens (including phenoxy) is 1. The van der Waals surface area contributed by atoms with E-state index >= 15 is 0 Å². The summed E-state index contributed by atoms with van der Waals surface area (Å²) in [5.74, 6) is 0.533. The van der Waals surface area contributed by atoms with Gasteiger partial charge in [-0.05, 0) is 29.2 Å². The first kappa shape index (κ1) is 17.3. The normalized spacial score (nSPS) is 12.5. The Morgan fingerprint density at radius 1 is 1.15 bits per heavy atom. The van der Waals surface area contributed by atoms with Gasteiger partial charge in [-0.3, -0.25) is 5.32 Å². The van der Waals surface area contributed by atoms with Crippen LogP contribution >= 0.6 is 0 Å². The zero-order chi connectivity index (χ0) is 18.8. The van der Waals surface area contributed by atoms with Gasteiger partial charge in [-0.2, -0.15) is 5.10 Å². The highest BCUT2D eigenvalue weighted by Gasteiger charge is 2.29. The second kappa shape index (κ2) is 7.25. The summed E-state index contributed by atoms with van der Waals surface area (Å²) in [6.45, 7) is 2.34. The summed E-state index contributed by atoms with van der Waals surface area (Å²) < 4.78 is 7.08. The lowest BCUT2D eigenvalue weighted by Gasteiger charge is -2.15. The molecule has 0 atom stereocenters. The molecule has 6 heteroatoms. The van der Waals surface area contributed by atoms with Crippen molar-refractivity contribution in [2.24, 2.45) is 0 Å². The van der Waals surface area contributed by atoms with Gasteiger partial charge in [0.05, 0.1) is 18.8 Å². The van der Waals surface area contributed by atoms with E-state index < -0.39 is 6.09 Å². The molecule has 0 saturated carbocycles. The van der Waals surface area contributed by atoms with E-state index in [9.17, 15) is 4.79 Å². The molecule has 1 heterocycles. The number of aliphatic hydroxyl groups excluding tert-OH is 1. The predicted molar refractivity (Wildman–Crippen MR) is 103 cm³/mol. The summed E-state index contributed by atoms with van der Waals surface area (Å²) in [7, 11) is 0. The lowest BCUT2D eigenvalue weighted by molar-refractivity contribution is 0.158. The number of benzene rings is 2. The first-order valence-corrected chi connectivity index (χ1v) is 8.94. The smallest absolute Gasteiger partial charge is 0.412 e. The number of hydrogen-bond donors (Lipinski definition) is 2. The van der Waals surface area contributed by atoms with E-state index in [-0.39, 0.29) is 19.1 Å². The van der Waals surface area contributed by atoms with Gasteiger partial charge in [0.2, 0.25) is 0 Å². The Hall–Kier alpha value is -3.12. The van der Waals surface area contributed by atoms with Crippen LogP contribution < -0.4 is 5.32 Å². The molecule has 0 aliphatic heterocycles. The third kappa shape index (κ3) is 3.31. The molecular formula is C21H21N3O3. The molecule has 6 nitrogen and oxygen atoms in total. The van der Waals surface area contributed by atoms with Gasteiger partial charge >= 0.3 is 6.09 Å². The Balaban J connectivity index is 1.48. The number of aromatic nitrogens is 2. The number of nitrogens with one attached hydrogen (secondary N) is 1. The minimum absolute atomic E-state index is 0.0206. The number of aryl methyl sites for hydroxylation is 1. The molecule has 0 spiro atoms. The van der Waals surface area contributed by atoms with E-state index in [2.05, 4.69) is 34.7 Å². The van der Waals surface area contributed by atoms with Gasteiger partial charge in [-0.25, -0.2) is 9.48 Å². The number of carbonyl (C=O) groups excluding carboxylic acids is 1. The van der Waals surface area contributed by atoms with Crippen molar-refractivity contribution in [3.8, 4) is 11.1 Å². The van der Waals surface area contributed by atoms with Crippen molar-refractivity contribution in [3.63, 3.8) is 0 Å². The average molecular weight is 363 g/mol.